The number of hydrogen-bond acceptors (Lipinski definition) is 3. The summed E-state index contributed by atoms with van der Waals surface area (Å²) in [6.07, 6.45) is 5.16. The standard InChI is InChI=1S/C14H16N2O2/c17-9-2-1-4-11-7-8-15-13(10-11)16-14(18)12-5-3-6-12/h7-8,10,12,17H,2-3,5-6,9H2,(H,15,16,18). The summed E-state index contributed by atoms with van der Waals surface area (Å²) in [7, 11) is 0. The third kappa shape index (κ3) is 3.31. The first-order valence-electron chi connectivity index (χ1n) is 6.16. The molecule has 1 saturated carbocycles. The molecule has 18 heavy (non-hydrogen) atoms. The van der Waals surface area contributed by atoms with Gasteiger partial charge in [-0.3, -0.25) is 4.79 Å². The second-order valence-corrected chi connectivity index (χ2v) is 4.32. The molecule has 0 aromatic carbocycles. The maximum absolute atomic E-state index is 11.7. The van der Waals surface area contributed by atoms with Gasteiger partial charge in [-0.1, -0.05) is 18.3 Å². The normalized spacial score (nSPS) is 14.3. The molecule has 1 heterocycles. The van der Waals surface area contributed by atoms with Crippen LogP contribution in [0.2, 0.25) is 0 Å². The third-order valence-corrected chi connectivity index (χ3v) is 2.96. The predicted molar refractivity (Wildman–Crippen MR) is 68.8 cm³/mol. The van der Waals surface area contributed by atoms with Gasteiger partial charge < -0.3 is 10.4 Å². The number of aliphatic hydroxyl groups excluding tert-OH is 1. The van der Waals surface area contributed by atoms with Crippen LogP contribution in [-0.4, -0.2) is 22.6 Å². The minimum atomic E-state index is 0.0502. The molecule has 0 bridgehead atoms. The zero-order valence-corrected chi connectivity index (χ0v) is 10.1. The maximum Gasteiger partial charge on any atom is 0.228 e. The van der Waals surface area contributed by atoms with Crippen LogP contribution in [0.4, 0.5) is 5.82 Å². The highest BCUT2D eigenvalue weighted by Crippen LogP contribution is 2.27. The Labute approximate surface area is 106 Å². The molecule has 2 N–H and O–H groups in total. The molecule has 1 amide bonds. The van der Waals surface area contributed by atoms with Crippen LogP contribution in [0.3, 0.4) is 0 Å². The number of aliphatic hydroxyl groups is 1. The zero-order valence-electron chi connectivity index (χ0n) is 10.1. The van der Waals surface area contributed by atoms with Gasteiger partial charge in [-0.2, -0.15) is 0 Å². The SMILES string of the molecule is O=C(Nc1cc(C#CCCO)ccn1)C1CCC1. The molecule has 1 aromatic rings. The Balaban J connectivity index is 1.98. The minimum absolute atomic E-state index is 0.0502. The van der Waals surface area contributed by atoms with Gasteiger partial charge in [0.15, 0.2) is 0 Å². The molecule has 0 saturated heterocycles. The van der Waals surface area contributed by atoms with E-state index in [1.165, 1.54) is 0 Å². The first-order chi connectivity index (χ1) is 8.79. The van der Waals surface area contributed by atoms with E-state index in [0.29, 0.717) is 12.2 Å². The van der Waals surface area contributed by atoms with E-state index >= 15 is 0 Å². The van der Waals surface area contributed by atoms with Gasteiger partial charge in [0.05, 0.1) is 6.61 Å². The second-order valence-electron chi connectivity index (χ2n) is 4.32. The van der Waals surface area contributed by atoms with Crippen molar-refractivity contribution in [3.8, 4) is 11.8 Å². The monoisotopic (exact) mass is 244 g/mol. The van der Waals surface area contributed by atoms with E-state index in [-0.39, 0.29) is 18.4 Å². The number of anilines is 1. The highest BCUT2D eigenvalue weighted by Gasteiger charge is 2.25. The fourth-order valence-electron chi connectivity index (χ4n) is 1.70. The fourth-order valence-corrected chi connectivity index (χ4v) is 1.70. The van der Waals surface area contributed by atoms with Gasteiger partial charge in [-0.15, -0.1) is 0 Å². The summed E-state index contributed by atoms with van der Waals surface area (Å²) in [4.78, 5) is 15.8. The lowest BCUT2D eigenvalue weighted by Gasteiger charge is -2.23. The average molecular weight is 244 g/mol. The lowest BCUT2D eigenvalue weighted by atomic mass is 9.85. The first kappa shape index (κ1) is 12.6. The van der Waals surface area contributed by atoms with E-state index in [0.717, 1.165) is 24.8 Å². The van der Waals surface area contributed by atoms with E-state index < -0.39 is 0 Å². The van der Waals surface area contributed by atoms with Gasteiger partial charge in [0.2, 0.25) is 5.91 Å². The van der Waals surface area contributed by atoms with Gasteiger partial charge in [-0.25, -0.2) is 4.98 Å². The van der Waals surface area contributed by atoms with Crippen LogP contribution in [0.25, 0.3) is 0 Å². The van der Waals surface area contributed by atoms with E-state index in [4.69, 9.17) is 5.11 Å². The van der Waals surface area contributed by atoms with Crippen LogP contribution in [0, 0.1) is 17.8 Å². The number of nitrogens with one attached hydrogen (secondary N) is 1. The number of rotatable bonds is 3. The van der Waals surface area contributed by atoms with Crippen molar-refractivity contribution in [1.29, 1.82) is 0 Å². The molecule has 0 atom stereocenters. The minimum Gasteiger partial charge on any atom is -0.395 e. The Morgan fingerprint density at radius 1 is 1.56 bits per heavy atom. The van der Waals surface area contributed by atoms with Gasteiger partial charge in [0, 0.05) is 24.1 Å². The molecular formula is C14H16N2O2. The zero-order chi connectivity index (χ0) is 12.8. The van der Waals surface area contributed by atoms with Gasteiger partial charge in [0.25, 0.3) is 0 Å². The number of hydrogen-bond donors (Lipinski definition) is 2. The summed E-state index contributed by atoms with van der Waals surface area (Å²) in [5.41, 5.74) is 0.794. The Kier molecular flexibility index (Phi) is 4.32. The van der Waals surface area contributed by atoms with Crippen LogP contribution >= 0.6 is 0 Å². The summed E-state index contributed by atoms with van der Waals surface area (Å²) >= 11 is 0. The summed E-state index contributed by atoms with van der Waals surface area (Å²) < 4.78 is 0. The molecule has 1 aliphatic rings. The predicted octanol–water partition coefficient (Wildman–Crippen LogP) is 1.55. The van der Waals surface area contributed by atoms with E-state index in [2.05, 4.69) is 22.1 Å². The van der Waals surface area contributed by atoms with Crippen molar-refractivity contribution in [2.24, 2.45) is 5.92 Å². The summed E-state index contributed by atoms with van der Waals surface area (Å²) in [6, 6.07) is 3.53. The third-order valence-electron chi connectivity index (χ3n) is 2.96. The van der Waals surface area contributed by atoms with Crippen LogP contribution in [0.15, 0.2) is 18.3 Å². The van der Waals surface area contributed by atoms with Crippen molar-refractivity contribution >= 4 is 11.7 Å². The maximum atomic E-state index is 11.7. The van der Waals surface area contributed by atoms with Crippen LogP contribution in [0.5, 0.6) is 0 Å². The molecule has 4 heteroatoms. The van der Waals surface area contributed by atoms with Crippen molar-refractivity contribution in [3.63, 3.8) is 0 Å². The Bertz CT molecular complexity index is 484. The number of carbonyl (C=O) groups is 1. The molecule has 4 nitrogen and oxygen atoms in total. The topological polar surface area (TPSA) is 62.2 Å². The van der Waals surface area contributed by atoms with Gasteiger partial charge in [-0.05, 0) is 25.0 Å². The molecule has 1 aliphatic carbocycles. The van der Waals surface area contributed by atoms with Crippen LogP contribution < -0.4 is 5.32 Å². The molecular weight excluding hydrogens is 228 g/mol. The van der Waals surface area contributed by atoms with Gasteiger partial charge >= 0.3 is 0 Å². The Morgan fingerprint density at radius 2 is 2.39 bits per heavy atom. The summed E-state index contributed by atoms with van der Waals surface area (Å²) in [5, 5.41) is 11.4. The van der Waals surface area contributed by atoms with E-state index in [1.54, 1.807) is 18.3 Å². The van der Waals surface area contributed by atoms with Gasteiger partial charge in [0.1, 0.15) is 5.82 Å². The highest BCUT2D eigenvalue weighted by molar-refractivity contribution is 5.92. The molecule has 1 aromatic heterocycles. The highest BCUT2D eigenvalue weighted by atomic mass is 16.2. The molecule has 0 spiro atoms. The number of carbonyl (C=O) groups excluding carboxylic acids is 1. The van der Waals surface area contributed by atoms with E-state index in [9.17, 15) is 4.79 Å². The smallest absolute Gasteiger partial charge is 0.228 e. The fraction of sp³-hybridized carbons (Fsp3) is 0.429. The summed E-state index contributed by atoms with van der Waals surface area (Å²) in [6.45, 7) is 0.0589. The molecule has 0 unspecified atom stereocenters. The van der Waals surface area contributed by atoms with Crippen molar-refractivity contribution in [2.75, 3.05) is 11.9 Å². The lowest BCUT2D eigenvalue weighted by Crippen LogP contribution is -2.28. The Morgan fingerprint density at radius 3 is 3.06 bits per heavy atom. The van der Waals surface area contributed by atoms with E-state index in [1.807, 2.05) is 0 Å². The lowest BCUT2D eigenvalue weighted by molar-refractivity contribution is -0.122. The molecule has 0 aliphatic heterocycles. The molecule has 1 fully saturated rings. The quantitative estimate of drug-likeness (QED) is 0.793. The molecule has 0 radical (unpaired) electrons. The first-order valence-corrected chi connectivity index (χ1v) is 6.16. The molecule has 2 rings (SSSR count). The Hall–Kier alpha value is -1.86. The average Bonchev–Trinajstić information content (AvgIpc) is 2.27. The van der Waals surface area contributed by atoms with Crippen molar-refractivity contribution < 1.29 is 9.90 Å². The number of aromatic nitrogens is 1. The van der Waals surface area contributed by atoms with Crippen LogP contribution in [-0.2, 0) is 4.79 Å². The number of nitrogens with zero attached hydrogens (tertiary/aromatic N) is 1. The number of pyridine rings is 1. The second kappa shape index (κ2) is 6.18. The largest absolute Gasteiger partial charge is 0.395 e. The summed E-state index contributed by atoms with van der Waals surface area (Å²) in [5.74, 6) is 6.49. The van der Waals surface area contributed by atoms with Crippen LogP contribution in [0.1, 0.15) is 31.2 Å². The molecule has 94 valence electrons. The number of amides is 1. The van der Waals surface area contributed by atoms with Crippen molar-refractivity contribution in [1.82, 2.24) is 4.98 Å². The van der Waals surface area contributed by atoms with Crippen molar-refractivity contribution in [2.45, 2.75) is 25.7 Å². The van der Waals surface area contributed by atoms with Crippen molar-refractivity contribution in [3.05, 3.63) is 23.9 Å².